The molecular weight excluding hydrogens is 342 g/mol. The summed E-state index contributed by atoms with van der Waals surface area (Å²) in [6.07, 6.45) is 1.64. The van der Waals surface area contributed by atoms with E-state index in [0.29, 0.717) is 12.2 Å². The molecule has 0 saturated carbocycles. The Kier molecular flexibility index (Phi) is 4.22. The number of rotatable bonds is 4. The number of fused-ring (bicyclic) bond motifs is 3. The molecule has 0 aliphatic heterocycles. The Morgan fingerprint density at radius 3 is 2.85 bits per heavy atom. The highest BCUT2D eigenvalue weighted by Crippen LogP contribution is 2.35. The molecule has 0 unspecified atom stereocenters. The average molecular weight is 365 g/mol. The van der Waals surface area contributed by atoms with Crippen LogP contribution < -0.4 is 10.1 Å². The molecule has 1 aliphatic rings. The van der Waals surface area contributed by atoms with E-state index in [9.17, 15) is 4.79 Å². The Morgan fingerprint density at radius 1 is 1.33 bits per heavy atom. The van der Waals surface area contributed by atoms with Gasteiger partial charge in [-0.15, -0.1) is 0 Å². The zero-order valence-electron chi connectivity index (χ0n) is 16.0. The Bertz CT molecular complexity index is 1030. The topological polar surface area (TPSA) is 84.8 Å². The van der Waals surface area contributed by atoms with Gasteiger partial charge in [-0.25, -0.2) is 0 Å². The number of aromatic amines is 1. The number of aryl methyl sites for hydroxylation is 3. The van der Waals surface area contributed by atoms with Gasteiger partial charge in [0.2, 0.25) is 0 Å². The third-order valence-electron chi connectivity index (χ3n) is 5.39. The first kappa shape index (κ1) is 17.3. The van der Waals surface area contributed by atoms with Crippen LogP contribution in [-0.4, -0.2) is 33.0 Å². The minimum atomic E-state index is -0.136. The highest BCUT2D eigenvalue weighted by molar-refractivity contribution is 5.96. The van der Waals surface area contributed by atoms with Crippen molar-refractivity contribution in [1.29, 1.82) is 0 Å². The summed E-state index contributed by atoms with van der Waals surface area (Å²) in [5.41, 5.74) is 7.69. The summed E-state index contributed by atoms with van der Waals surface area (Å²) in [5, 5.41) is 14.8. The number of hydrogen-bond donors (Lipinski definition) is 2. The van der Waals surface area contributed by atoms with E-state index in [-0.39, 0.29) is 5.91 Å². The molecule has 0 bridgehead atoms. The van der Waals surface area contributed by atoms with Crippen LogP contribution in [0.2, 0.25) is 0 Å². The van der Waals surface area contributed by atoms with Crippen molar-refractivity contribution in [2.45, 2.75) is 33.2 Å². The Labute approximate surface area is 157 Å². The molecule has 27 heavy (non-hydrogen) atoms. The zero-order chi connectivity index (χ0) is 19.1. The van der Waals surface area contributed by atoms with Gasteiger partial charge < -0.3 is 10.1 Å². The van der Waals surface area contributed by atoms with Gasteiger partial charge in [-0.1, -0.05) is 0 Å². The van der Waals surface area contributed by atoms with Gasteiger partial charge in [0, 0.05) is 36.0 Å². The van der Waals surface area contributed by atoms with E-state index in [2.05, 4.69) is 20.6 Å². The molecule has 2 heterocycles. The Morgan fingerprint density at radius 2 is 2.15 bits per heavy atom. The third kappa shape index (κ3) is 2.89. The van der Waals surface area contributed by atoms with Crippen molar-refractivity contribution in [3.05, 3.63) is 52.0 Å². The third-order valence-corrected chi connectivity index (χ3v) is 5.39. The molecule has 1 amide bonds. The van der Waals surface area contributed by atoms with E-state index in [4.69, 9.17) is 4.74 Å². The normalized spacial score (nSPS) is 12.4. The Balaban J connectivity index is 1.57. The van der Waals surface area contributed by atoms with Crippen LogP contribution in [0.3, 0.4) is 0 Å². The molecule has 0 fully saturated rings. The summed E-state index contributed by atoms with van der Waals surface area (Å²) >= 11 is 0. The zero-order valence-corrected chi connectivity index (χ0v) is 16.0. The maximum absolute atomic E-state index is 12.8. The molecule has 0 radical (unpaired) electrons. The summed E-state index contributed by atoms with van der Waals surface area (Å²) in [4.78, 5) is 12.8. The lowest BCUT2D eigenvalue weighted by Crippen LogP contribution is -2.25. The fourth-order valence-electron chi connectivity index (χ4n) is 3.74. The highest BCUT2D eigenvalue weighted by Gasteiger charge is 2.25. The number of nitrogens with zero attached hydrogens (tertiary/aromatic N) is 3. The molecule has 140 valence electrons. The maximum atomic E-state index is 12.8. The monoisotopic (exact) mass is 365 g/mol. The fraction of sp³-hybridized carbons (Fsp3) is 0.350. The first-order valence-electron chi connectivity index (χ1n) is 9.01. The van der Waals surface area contributed by atoms with Crippen molar-refractivity contribution < 1.29 is 9.53 Å². The van der Waals surface area contributed by atoms with Gasteiger partial charge in [0.1, 0.15) is 11.4 Å². The lowest BCUT2D eigenvalue weighted by atomic mass is 9.89. The minimum Gasteiger partial charge on any atom is -0.497 e. The fourth-order valence-corrected chi connectivity index (χ4v) is 3.74. The standard InChI is InChI=1S/C20H23N5O2/c1-11-17(12(2)25(3)24-11)10-21-20(26)19-16-7-5-13-9-14(27-4)6-8-15(13)18(16)22-23-19/h6,8-9H,5,7,10H2,1-4H3,(H,21,26)(H,22,23). The number of aromatic nitrogens is 4. The van der Waals surface area contributed by atoms with Gasteiger partial charge in [-0.2, -0.15) is 10.2 Å². The first-order valence-corrected chi connectivity index (χ1v) is 9.01. The van der Waals surface area contributed by atoms with Crippen LogP contribution in [0.1, 0.15) is 38.6 Å². The molecule has 1 aliphatic carbocycles. The minimum absolute atomic E-state index is 0.136. The van der Waals surface area contributed by atoms with Gasteiger partial charge in [-0.3, -0.25) is 14.6 Å². The van der Waals surface area contributed by atoms with E-state index in [1.54, 1.807) is 7.11 Å². The Hall–Kier alpha value is -3.09. The predicted octanol–water partition coefficient (Wildman–Crippen LogP) is 2.46. The summed E-state index contributed by atoms with van der Waals surface area (Å²) in [6.45, 7) is 4.41. The van der Waals surface area contributed by atoms with Crippen LogP contribution in [0.5, 0.6) is 5.75 Å². The van der Waals surface area contributed by atoms with Gasteiger partial charge >= 0.3 is 0 Å². The van der Waals surface area contributed by atoms with E-state index in [1.165, 1.54) is 5.56 Å². The summed E-state index contributed by atoms with van der Waals surface area (Å²) in [5.74, 6) is 0.705. The SMILES string of the molecule is COc1ccc2c(c1)CCc1c-2n[nH]c1C(=O)NCc1c(C)nn(C)c1C. The number of benzene rings is 1. The predicted molar refractivity (Wildman–Crippen MR) is 102 cm³/mol. The molecule has 4 rings (SSSR count). The van der Waals surface area contributed by atoms with E-state index >= 15 is 0 Å². The molecule has 3 aromatic rings. The molecule has 0 spiro atoms. The van der Waals surface area contributed by atoms with Gasteiger partial charge in [0.15, 0.2) is 0 Å². The molecule has 7 nitrogen and oxygen atoms in total. The lowest BCUT2D eigenvalue weighted by Gasteiger charge is -2.17. The van der Waals surface area contributed by atoms with Crippen molar-refractivity contribution in [3.63, 3.8) is 0 Å². The molecule has 2 aromatic heterocycles. The first-order chi connectivity index (χ1) is 13.0. The second-order valence-corrected chi connectivity index (χ2v) is 6.90. The van der Waals surface area contributed by atoms with Crippen LogP contribution in [-0.2, 0) is 26.4 Å². The number of amides is 1. The summed E-state index contributed by atoms with van der Waals surface area (Å²) in [7, 11) is 3.57. The van der Waals surface area contributed by atoms with Crippen LogP contribution in [0.4, 0.5) is 0 Å². The number of carbonyl (C=O) groups excluding carboxylic acids is 1. The molecular formula is C20H23N5O2. The van der Waals surface area contributed by atoms with Crippen molar-refractivity contribution in [2.75, 3.05) is 7.11 Å². The summed E-state index contributed by atoms with van der Waals surface area (Å²) < 4.78 is 7.14. The molecule has 0 saturated heterocycles. The number of carbonyl (C=O) groups is 1. The van der Waals surface area contributed by atoms with Crippen LogP contribution in [0, 0.1) is 13.8 Å². The number of methoxy groups -OCH3 is 1. The number of H-pyrrole nitrogens is 1. The molecule has 2 N–H and O–H groups in total. The number of ether oxygens (including phenoxy) is 1. The second-order valence-electron chi connectivity index (χ2n) is 6.90. The quantitative estimate of drug-likeness (QED) is 0.744. The largest absolute Gasteiger partial charge is 0.497 e. The second kappa shape index (κ2) is 6.57. The van der Waals surface area contributed by atoms with Gasteiger partial charge in [-0.05, 0) is 50.5 Å². The number of nitrogens with one attached hydrogen (secondary N) is 2. The molecule has 0 atom stereocenters. The smallest absolute Gasteiger partial charge is 0.269 e. The lowest BCUT2D eigenvalue weighted by molar-refractivity contribution is 0.0945. The highest BCUT2D eigenvalue weighted by atomic mass is 16.5. The van der Waals surface area contributed by atoms with Crippen LogP contribution in [0.25, 0.3) is 11.3 Å². The molecule has 1 aromatic carbocycles. The molecule has 7 heteroatoms. The van der Waals surface area contributed by atoms with E-state index in [1.807, 2.05) is 43.8 Å². The van der Waals surface area contributed by atoms with Crippen molar-refractivity contribution in [3.8, 4) is 17.0 Å². The van der Waals surface area contributed by atoms with Crippen LogP contribution >= 0.6 is 0 Å². The van der Waals surface area contributed by atoms with E-state index in [0.717, 1.165) is 52.4 Å². The van der Waals surface area contributed by atoms with Crippen molar-refractivity contribution in [2.24, 2.45) is 7.05 Å². The van der Waals surface area contributed by atoms with Crippen LogP contribution in [0.15, 0.2) is 18.2 Å². The maximum Gasteiger partial charge on any atom is 0.269 e. The number of hydrogen-bond acceptors (Lipinski definition) is 4. The van der Waals surface area contributed by atoms with Gasteiger partial charge in [0.05, 0.1) is 18.5 Å². The van der Waals surface area contributed by atoms with Crippen molar-refractivity contribution >= 4 is 5.91 Å². The van der Waals surface area contributed by atoms with Crippen molar-refractivity contribution in [1.82, 2.24) is 25.3 Å². The van der Waals surface area contributed by atoms with E-state index < -0.39 is 0 Å². The van der Waals surface area contributed by atoms with Gasteiger partial charge in [0.25, 0.3) is 5.91 Å². The summed E-state index contributed by atoms with van der Waals surface area (Å²) in [6, 6.07) is 5.98. The average Bonchev–Trinajstić information content (AvgIpc) is 3.21.